The summed E-state index contributed by atoms with van der Waals surface area (Å²) in [6, 6.07) is 2.65. The fraction of sp³-hybridized carbons (Fsp3) is 0.286. The number of pyridine rings is 3. The molecule has 1 aliphatic heterocycles. The average molecular weight is 477 g/mol. The highest BCUT2D eigenvalue weighted by molar-refractivity contribution is 5.93. The summed E-state index contributed by atoms with van der Waals surface area (Å²) >= 11 is 0. The van der Waals surface area contributed by atoms with Crippen LogP contribution in [0.4, 0.5) is 22.8 Å². The summed E-state index contributed by atoms with van der Waals surface area (Å²) in [5.41, 5.74) is -0.239. The smallest absolute Gasteiger partial charge is 0.419 e. The Hall–Kier alpha value is -4.00. The molecule has 3 aromatic rings. The van der Waals surface area contributed by atoms with Gasteiger partial charge in [-0.3, -0.25) is 9.97 Å². The summed E-state index contributed by atoms with van der Waals surface area (Å²) in [6.45, 7) is -0.830. The van der Waals surface area contributed by atoms with Gasteiger partial charge in [-0.1, -0.05) is 0 Å². The molecule has 0 aromatic carbocycles. The highest BCUT2D eigenvalue weighted by Crippen LogP contribution is 2.37. The number of aliphatic hydroxyl groups is 1. The number of nitrogens with zero attached hydrogens (tertiary/aromatic N) is 4. The quantitative estimate of drug-likeness (QED) is 0.575. The molecule has 0 saturated carbocycles. The number of carbonyl (C=O) groups excluding carboxylic acids is 2. The standard InChI is InChI=1S/C21H18F3N5O5/c1-33-16-6-13(21(22,23)24)5-14(28-16)18-15(10-30)29(20(32)34-18)19(31)27-9-12-8-25-7-11-3-2-4-26-17(11)12/h2-8,15,18,30H,9-10H2,1H3,(H,27,31)/t15-,18+/m0/s1. The summed E-state index contributed by atoms with van der Waals surface area (Å²) in [5.74, 6) is -0.364. The lowest BCUT2D eigenvalue weighted by atomic mass is 10.1. The molecule has 0 radical (unpaired) electrons. The van der Waals surface area contributed by atoms with Gasteiger partial charge in [-0.2, -0.15) is 13.2 Å². The molecule has 1 fully saturated rings. The number of halogens is 3. The van der Waals surface area contributed by atoms with Gasteiger partial charge in [-0.15, -0.1) is 0 Å². The number of rotatable bonds is 5. The third-order valence-corrected chi connectivity index (χ3v) is 5.18. The number of amides is 3. The van der Waals surface area contributed by atoms with Crippen molar-refractivity contribution in [2.45, 2.75) is 24.9 Å². The largest absolute Gasteiger partial charge is 0.481 e. The molecule has 13 heteroatoms. The molecule has 1 saturated heterocycles. The first-order valence-electron chi connectivity index (χ1n) is 9.92. The number of hydrogen-bond acceptors (Lipinski definition) is 8. The molecule has 4 rings (SSSR count). The SMILES string of the molecule is COc1cc(C(F)(F)F)cc([C@H]2OC(=O)N(C(=O)NCc3cncc4cccnc34)[C@H]2CO)n1. The number of nitrogens with one attached hydrogen (secondary N) is 1. The zero-order valence-electron chi connectivity index (χ0n) is 17.6. The van der Waals surface area contributed by atoms with Gasteiger partial charge in [-0.25, -0.2) is 19.5 Å². The van der Waals surface area contributed by atoms with Crippen molar-refractivity contribution < 1.29 is 37.3 Å². The molecule has 0 aliphatic carbocycles. The zero-order chi connectivity index (χ0) is 24.5. The molecule has 0 unspecified atom stereocenters. The summed E-state index contributed by atoms with van der Waals surface area (Å²) in [6.07, 6.45) is -2.62. The maximum absolute atomic E-state index is 13.3. The Kier molecular flexibility index (Phi) is 6.20. The van der Waals surface area contributed by atoms with Crippen LogP contribution in [0.3, 0.4) is 0 Å². The van der Waals surface area contributed by atoms with E-state index < -0.39 is 42.6 Å². The van der Waals surface area contributed by atoms with Crippen LogP contribution in [0.5, 0.6) is 5.88 Å². The van der Waals surface area contributed by atoms with Crippen molar-refractivity contribution in [1.82, 2.24) is 25.2 Å². The van der Waals surface area contributed by atoms with Gasteiger partial charge in [0.25, 0.3) is 0 Å². The van der Waals surface area contributed by atoms with Crippen LogP contribution in [0.15, 0.2) is 42.9 Å². The molecule has 3 amide bonds. The number of urea groups is 1. The highest BCUT2D eigenvalue weighted by atomic mass is 19.4. The summed E-state index contributed by atoms with van der Waals surface area (Å²) in [7, 11) is 1.13. The molecule has 178 valence electrons. The number of methoxy groups -OCH3 is 1. The number of carbonyl (C=O) groups is 2. The van der Waals surface area contributed by atoms with Crippen LogP contribution in [0.25, 0.3) is 10.9 Å². The molecule has 4 heterocycles. The maximum Gasteiger partial charge on any atom is 0.419 e. The van der Waals surface area contributed by atoms with Crippen molar-refractivity contribution in [3.05, 3.63) is 59.7 Å². The van der Waals surface area contributed by atoms with Gasteiger partial charge in [0.1, 0.15) is 6.04 Å². The predicted molar refractivity (Wildman–Crippen MR) is 109 cm³/mol. The second-order valence-electron chi connectivity index (χ2n) is 7.28. The monoisotopic (exact) mass is 477 g/mol. The van der Waals surface area contributed by atoms with Gasteiger partial charge < -0.3 is 19.9 Å². The number of hydrogen-bond donors (Lipinski definition) is 2. The molecule has 1 aliphatic rings. The maximum atomic E-state index is 13.3. The molecule has 0 bridgehead atoms. The average Bonchev–Trinajstić information content (AvgIpc) is 3.17. The number of aromatic nitrogens is 3. The molecule has 2 atom stereocenters. The topological polar surface area (TPSA) is 127 Å². The Bertz CT molecular complexity index is 1230. The molecule has 3 aromatic heterocycles. The Balaban J connectivity index is 1.57. The molecule has 10 nitrogen and oxygen atoms in total. The third-order valence-electron chi connectivity index (χ3n) is 5.18. The van der Waals surface area contributed by atoms with E-state index in [1.165, 1.54) is 6.20 Å². The molecule has 34 heavy (non-hydrogen) atoms. The fourth-order valence-corrected chi connectivity index (χ4v) is 3.57. The number of cyclic esters (lactones) is 1. The van der Waals surface area contributed by atoms with E-state index in [0.717, 1.165) is 12.5 Å². The first-order valence-corrected chi connectivity index (χ1v) is 9.92. The molecular weight excluding hydrogens is 459 g/mol. The summed E-state index contributed by atoms with van der Waals surface area (Å²) < 4.78 is 49.8. The molecule has 2 N–H and O–H groups in total. The van der Waals surface area contributed by atoms with Gasteiger partial charge >= 0.3 is 18.3 Å². The predicted octanol–water partition coefficient (Wildman–Crippen LogP) is 2.82. The molecule has 0 spiro atoms. The number of ether oxygens (including phenoxy) is 2. The minimum Gasteiger partial charge on any atom is -0.481 e. The van der Waals surface area contributed by atoms with Crippen molar-refractivity contribution in [2.75, 3.05) is 13.7 Å². The van der Waals surface area contributed by atoms with Crippen LogP contribution in [-0.2, 0) is 17.5 Å². The van der Waals surface area contributed by atoms with E-state index in [4.69, 9.17) is 9.47 Å². The lowest BCUT2D eigenvalue weighted by molar-refractivity contribution is -0.137. The van der Waals surface area contributed by atoms with E-state index in [9.17, 15) is 27.9 Å². The van der Waals surface area contributed by atoms with Gasteiger partial charge in [0.15, 0.2) is 6.10 Å². The Morgan fingerprint density at radius 2 is 2.12 bits per heavy atom. The third kappa shape index (κ3) is 4.41. The van der Waals surface area contributed by atoms with E-state index in [1.54, 1.807) is 24.5 Å². The van der Waals surface area contributed by atoms with Crippen LogP contribution >= 0.6 is 0 Å². The van der Waals surface area contributed by atoms with Crippen molar-refractivity contribution in [1.29, 1.82) is 0 Å². The van der Waals surface area contributed by atoms with E-state index in [1.807, 2.05) is 0 Å². The van der Waals surface area contributed by atoms with Crippen molar-refractivity contribution in [3.63, 3.8) is 0 Å². The zero-order valence-corrected chi connectivity index (χ0v) is 17.6. The second kappa shape index (κ2) is 9.09. The van der Waals surface area contributed by atoms with Crippen molar-refractivity contribution >= 4 is 23.0 Å². The van der Waals surface area contributed by atoms with E-state index >= 15 is 0 Å². The number of fused-ring (bicyclic) bond motifs is 1. The lowest BCUT2D eigenvalue weighted by Gasteiger charge is -2.22. The normalized spacial score (nSPS) is 18.1. The fourth-order valence-electron chi connectivity index (χ4n) is 3.57. The van der Waals surface area contributed by atoms with Crippen LogP contribution in [0.2, 0.25) is 0 Å². The number of imide groups is 1. The first kappa shape index (κ1) is 23.2. The minimum absolute atomic E-state index is 0.0532. The van der Waals surface area contributed by atoms with Crippen LogP contribution in [-0.4, -0.2) is 56.8 Å². The Morgan fingerprint density at radius 1 is 1.32 bits per heavy atom. The van der Waals surface area contributed by atoms with Gasteiger partial charge in [0.05, 0.1) is 30.5 Å². The summed E-state index contributed by atoms with van der Waals surface area (Å²) in [4.78, 5) is 38.1. The van der Waals surface area contributed by atoms with Crippen LogP contribution < -0.4 is 10.1 Å². The Morgan fingerprint density at radius 3 is 2.82 bits per heavy atom. The lowest BCUT2D eigenvalue weighted by Crippen LogP contribution is -2.47. The van der Waals surface area contributed by atoms with E-state index in [0.29, 0.717) is 28.1 Å². The minimum atomic E-state index is -4.72. The highest BCUT2D eigenvalue weighted by Gasteiger charge is 2.47. The molecular formula is C21H18F3N5O5. The van der Waals surface area contributed by atoms with Gasteiger partial charge in [0.2, 0.25) is 5.88 Å². The van der Waals surface area contributed by atoms with Gasteiger partial charge in [-0.05, 0) is 18.2 Å². The first-order chi connectivity index (χ1) is 16.2. The number of alkyl halides is 3. The summed E-state index contributed by atoms with van der Waals surface area (Å²) in [5, 5.41) is 13.1. The van der Waals surface area contributed by atoms with Crippen molar-refractivity contribution in [3.8, 4) is 5.88 Å². The Labute approximate surface area is 190 Å². The van der Waals surface area contributed by atoms with Crippen LogP contribution in [0.1, 0.15) is 22.9 Å². The van der Waals surface area contributed by atoms with Crippen molar-refractivity contribution in [2.24, 2.45) is 0 Å². The van der Waals surface area contributed by atoms with E-state index in [-0.39, 0.29) is 18.1 Å². The van der Waals surface area contributed by atoms with Gasteiger partial charge in [0, 0.05) is 42.2 Å². The van der Waals surface area contributed by atoms with E-state index in [2.05, 4.69) is 20.3 Å². The second-order valence-corrected chi connectivity index (χ2v) is 7.28. The van der Waals surface area contributed by atoms with Crippen LogP contribution in [0, 0.1) is 0 Å². The number of aliphatic hydroxyl groups excluding tert-OH is 1.